The summed E-state index contributed by atoms with van der Waals surface area (Å²) in [4.78, 5) is 11.3. The monoisotopic (exact) mass is 276 g/mol. The predicted molar refractivity (Wildman–Crippen MR) is 61.0 cm³/mol. The molecular weight excluding hydrogens is 268 g/mol. The summed E-state index contributed by atoms with van der Waals surface area (Å²) in [6, 6.07) is 2.70. The van der Waals surface area contributed by atoms with Gasteiger partial charge in [-0.05, 0) is 19.1 Å². The molecule has 1 N–H and O–H groups in total. The van der Waals surface area contributed by atoms with Crippen molar-refractivity contribution in [2.45, 2.75) is 17.2 Å². The van der Waals surface area contributed by atoms with Crippen LogP contribution in [-0.4, -0.2) is 39.4 Å². The molecule has 2 aromatic heterocycles. The number of nitrogens with zero attached hydrogens (tertiary/aromatic N) is 3. The van der Waals surface area contributed by atoms with Crippen LogP contribution in [0.15, 0.2) is 22.0 Å². The number of aromatic amines is 1. The third kappa shape index (κ3) is 1.93. The molecule has 92 valence electrons. The van der Waals surface area contributed by atoms with Crippen LogP contribution < -0.4 is 5.69 Å². The molecule has 17 heavy (non-hydrogen) atoms. The number of fused-ring (bicyclic) bond motifs is 1. The second kappa shape index (κ2) is 4.11. The highest BCUT2D eigenvalue weighted by Crippen LogP contribution is 2.14. The van der Waals surface area contributed by atoms with Gasteiger partial charge in [-0.25, -0.2) is 18.3 Å². The van der Waals surface area contributed by atoms with Gasteiger partial charge in [-0.15, -0.1) is 16.7 Å². The van der Waals surface area contributed by atoms with E-state index in [0.717, 1.165) is 4.52 Å². The number of alkyl halides is 1. The maximum atomic E-state index is 11.9. The van der Waals surface area contributed by atoms with E-state index in [1.165, 1.54) is 19.1 Å². The molecule has 0 fully saturated rings. The number of rotatable bonds is 3. The van der Waals surface area contributed by atoms with Crippen molar-refractivity contribution in [3.63, 3.8) is 0 Å². The van der Waals surface area contributed by atoms with E-state index in [1.807, 2.05) is 0 Å². The number of sulfone groups is 1. The molecule has 2 rings (SSSR count). The van der Waals surface area contributed by atoms with Crippen LogP contribution in [0.4, 0.5) is 0 Å². The number of aromatic nitrogens is 4. The van der Waals surface area contributed by atoms with E-state index in [1.54, 1.807) is 0 Å². The van der Waals surface area contributed by atoms with Crippen LogP contribution in [0.2, 0.25) is 0 Å². The van der Waals surface area contributed by atoms with Crippen LogP contribution in [-0.2, 0) is 9.84 Å². The quantitative estimate of drug-likeness (QED) is 0.784. The van der Waals surface area contributed by atoms with Gasteiger partial charge in [0.2, 0.25) is 9.84 Å². The van der Waals surface area contributed by atoms with E-state index >= 15 is 0 Å². The van der Waals surface area contributed by atoms with Crippen molar-refractivity contribution < 1.29 is 8.42 Å². The van der Waals surface area contributed by atoms with Crippen LogP contribution >= 0.6 is 11.6 Å². The maximum absolute atomic E-state index is 11.9. The lowest BCUT2D eigenvalue weighted by Gasteiger charge is -2.08. The summed E-state index contributed by atoms with van der Waals surface area (Å²) < 4.78 is 24.8. The molecule has 0 radical (unpaired) electrons. The number of halogens is 1. The molecule has 2 aromatic rings. The van der Waals surface area contributed by atoms with Crippen LogP contribution in [0.1, 0.15) is 6.92 Å². The summed E-state index contributed by atoms with van der Waals surface area (Å²) in [6.07, 6.45) is 0. The van der Waals surface area contributed by atoms with Crippen LogP contribution in [0.25, 0.3) is 5.65 Å². The Balaban J connectivity index is 2.64. The van der Waals surface area contributed by atoms with Gasteiger partial charge in [0.05, 0.1) is 5.25 Å². The van der Waals surface area contributed by atoms with E-state index in [2.05, 4.69) is 15.3 Å². The van der Waals surface area contributed by atoms with Gasteiger partial charge in [-0.2, -0.15) is 9.61 Å². The zero-order valence-electron chi connectivity index (χ0n) is 8.79. The van der Waals surface area contributed by atoms with Crippen molar-refractivity contribution in [1.29, 1.82) is 0 Å². The molecule has 0 bridgehead atoms. The van der Waals surface area contributed by atoms with Gasteiger partial charge in [0, 0.05) is 5.88 Å². The second-order valence-electron chi connectivity index (χ2n) is 3.48. The molecule has 0 aliphatic heterocycles. The third-order valence-electron chi connectivity index (χ3n) is 2.29. The van der Waals surface area contributed by atoms with Crippen LogP contribution in [0, 0.1) is 0 Å². The zero-order chi connectivity index (χ0) is 12.6. The topological polar surface area (TPSA) is 97.2 Å². The van der Waals surface area contributed by atoms with Gasteiger partial charge < -0.3 is 0 Å². The average molecular weight is 277 g/mol. The van der Waals surface area contributed by atoms with Crippen molar-refractivity contribution in [1.82, 2.24) is 19.8 Å². The first-order valence-corrected chi connectivity index (χ1v) is 6.79. The van der Waals surface area contributed by atoms with Crippen molar-refractivity contribution in [2.75, 3.05) is 5.88 Å². The molecule has 0 aliphatic rings. The minimum absolute atomic E-state index is 0.0393. The fourth-order valence-electron chi connectivity index (χ4n) is 1.23. The lowest BCUT2D eigenvalue weighted by Crippen LogP contribution is -2.23. The summed E-state index contributed by atoms with van der Waals surface area (Å²) in [6.45, 7) is 1.48. The summed E-state index contributed by atoms with van der Waals surface area (Å²) in [5, 5.41) is 8.60. The highest BCUT2D eigenvalue weighted by atomic mass is 35.5. The third-order valence-corrected chi connectivity index (χ3v) is 4.96. The van der Waals surface area contributed by atoms with E-state index in [4.69, 9.17) is 11.6 Å². The Labute approximate surface area is 101 Å². The van der Waals surface area contributed by atoms with Crippen LogP contribution in [0.3, 0.4) is 0 Å². The molecule has 0 amide bonds. The fraction of sp³-hybridized carbons (Fsp3) is 0.375. The Hall–Kier alpha value is -1.41. The van der Waals surface area contributed by atoms with Crippen molar-refractivity contribution >= 4 is 27.1 Å². The Bertz CT molecular complexity index is 705. The molecule has 1 unspecified atom stereocenters. The molecule has 7 nitrogen and oxygen atoms in total. The number of hydrogen-bond acceptors (Lipinski definition) is 5. The van der Waals surface area contributed by atoms with Gasteiger partial charge in [-0.3, -0.25) is 0 Å². The predicted octanol–water partition coefficient (Wildman–Crippen LogP) is -0.181. The lowest BCUT2D eigenvalue weighted by molar-refractivity contribution is 0.580. The van der Waals surface area contributed by atoms with E-state index in [0.29, 0.717) is 0 Å². The molecule has 2 heterocycles. The fourth-order valence-corrected chi connectivity index (χ4v) is 2.76. The SMILES string of the molecule is CC(CCl)S(=O)(=O)c1ccc2n[nH]c(=O)n2n1. The summed E-state index contributed by atoms with van der Waals surface area (Å²) in [5.41, 5.74) is -0.331. The Kier molecular flexibility index (Phi) is 2.92. The largest absolute Gasteiger partial charge is 0.364 e. The maximum Gasteiger partial charge on any atom is 0.364 e. The minimum atomic E-state index is -3.62. The Morgan fingerprint density at radius 2 is 2.24 bits per heavy atom. The summed E-state index contributed by atoms with van der Waals surface area (Å²) >= 11 is 5.52. The summed E-state index contributed by atoms with van der Waals surface area (Å²) in [7, 11) is -3.62. The van der Waals surface area contributed by atoms with E-state index < -0.39 is 20.8 Å². The lowest BCUT2D eigenvalue weighted by atomic mass is 10.5. The normalized spacial score (nSPS) is 14.0. The van der Waals surface area contributed by atoms with E-state index in [-0.39, 0.29) is 16.6 Å². The Morgan fingerprint density at radius 3 is 2.88 bits per heavy atom. The first kappa shape index (κ1) is 12.1. The molecule has 9 heteroatoms. The first-order chi connectivity index (χ1) is 7.96. The standard InChI is InChI=1S/C8H9ClN4O3S/c1-5(4-9)17(15,16)7-3-2-6-10-11-8(14)13(6)12-7/h2-3,5H,4H2,1H3,(H,11,14). The molecular formula is C8H9ClN4O3S. The zero-order valence-corrected chi connectivity index (χ0v) is 10.4. The highest BCUT2D eigenvalue weighted by Gasteiger charge is 2.24. The van der Waals surface area contributed by atoms with Crippen molar-refractivity contribution in [3.8, 4) is 0 Å². The van der Waals surface area contributed by atoms with E-state index in [9.17, 15) is 13.2 Å². The van der Waals surface area contributed by atoms with Crippen LogP contribution in [0.5, 0.6) is 0 Å². The summed E-state index contributed by atoms with van der Waals surface area (Å²) in [5.74, 6) is -0.0393. The van der Waals surface area contributed by atoms with Gasteiger partial charge in [-0.1, -0.05) is 0 Å². The number of H-pyrrole nitrogens is 1. The molecule has 0 saturated carbocycles. The van der Waals surface area contributed by atoms with Crippen molar-refractivity contribution in [3.05, 3.63) is 22.6 Å². The first-order valence-electron chi connectivity index (χ1n) is 4.71. The second-order valence-corrected chi connectivity index (χ2v) is 6.10. The highest BCUT2D eigenvalue weighted by molar-refractivity contribution is 7.92. The minimum Gasteiger partial charge on any atom is -0.244 e. The number of nitrogens with one attached hydrogen (secondary N) is 1. The molecule has 0 saturated heterocycles. The Morgan fingerprint density at radius 1 is 1.53 bits per heavy atom. The van der Waals surface area contributed by atoms with Gasteiger partial charge in [0.1, 0.15) is 0 Å². The molecule has 1 atom stereocenters. The van der Waals surface area contributed by atoms with Gasteiger partial charge in [0.25, 0.3) is 0 Å². The number of hydrogen-bond donors (Lipinski definition) is 1. The molecule has 0 aromatic carbocycles. The van der Waals surface area contributed by atoms with Gasteiger partial charge >= 0.3 is 5.69 Å². The van der Waals surface area contributed by atoms with Crippen molar-refractivity contribution in [2.24, 2.45) is 0 Å². The molecule has 0 aliphatic carbocycles. The smallest absolute Gasteiger partial charge is 0.244 e. The van der Waals surface area contributed by atoms with Gasteiger partial charge in [0.15, 0.2) is 10.7 Å². The molecule has 0 spiro atoms. The average Bonchev–Trinajstić information content (AvgIpc) is 2.69.